The number of ether oxygens (including phenoxy) is 1. The van der Waals surface area contributed by atoms with Gasteiger partial charge in [0.05, 0.1) is 33.3 Å². The lowest BCUT2D eigenvalue weighted by molar-refractivity contribution is -0.138. The third-order valence-electron chi connectivity index (χ3n) is 9.10. The first-order chi connectivity index (χ1) is 22.0. The van der Waals surface area contributed by atoms with E-state index in [1.807, 2.05) is 85.8 Å². The maximum absolute atomic E-state index is 13.8. The molecular formula is C39H33ClN2O3. The third kappa shape index (κ3) is 4.93. The lowest BCUT2D eigenvalue weighted by atomic mass is 9.76. The van der Waals surface area contributed by atoms with E-state index >= 15 is 0 Å². The van der Waals surface area contributed by atoms with Crippen molar-refractivity contribution in [1.82, 2.24) is 5.32 Å². The molecule has 6 heteroatoms. The highest BCUT2D eigenvalue weighted by molar-refractivity contribution is 6.36. The van der Waals surface area contributed by atoms with Gasteiger partial charge in [0.15, 0.2) is 5.75 Å². The van der Waals surface area contributed by atoms with Gasteiger partial charge in [-0.3, -0.25) is 19.8 Å². The minimum absolute atomic E-state index is 0.0258. The number of hydrogen-bond donors (Lipinski definition) is 1. The van der Waals surface area contributed by atoms with Gasteiger partial charge in [-0.1, -0.05) is 134 Å². The van der Waals surface area contributed by atoms with E-state index in [0.29, 0.717) is 28.7 Å². The minimum Gasteiger partial charge on any atom is -0.424 e. The normalized spacial score (nSPS) is 15.5. The largest absolute Gasteiger partial charge is 0.424 e. The van der Waals surface area contributed by atoms with Crippen LogP contribution in [-0.2, 0) is 20.5 Å². The molecular weight excluding hydrogens is 580 g/mol. The highest BCUT2D eigenvalue weighted by atomic mass is 35.5. The zero-order chi connectivity index (χ0) is 31.0. The molecule has 2 aliphatic rings. The number of halogens is 1. The molecule has 0 radical (unpaired) electrons. The minimum atomic E-state index is -0.711. The van der Waals surface area contributed by atoms with Gasteiger partial charge in [0.25, 0.3) is 0 Å². The van der Waals surface area contributed by atoms with Gasteiger partial charge in [-0.05, 0) is 53.3 Å². The van der Waals surface area contributed by atoms with E-state index < -0.39 is 22.8 Å². The van der Waals surface area contributed by atoms with Crippen molar-refractivity contribution in [3.05, 3.63) is 161 Å². The van der Waals surface area contributed by atoms with Gasteiger partial charge in [-0.25, -0.2) is 0 Å². The third-order valence-corrected chi connectivity index (χ3v) is 9.41. The van der Waals surface area contributed by atoms with Crippen LogP contribution in [0.15, 0.2) is 133 Å². The summed E-state index contributed by atoms with van der Waals surface area (Å²) >= 11 is 6.67. The maximum Gasteiger partial charge on any atom is 0.315 e. The molecule has 0 bridgehead atoms. The summed E-state index contributed by atoms with van der Waals surface area (Å²) in [5.41, 5.74) is 4.07. The van der Waals surface area contributed by atoms with Crippen LogP contribution >= 0.6 is 11.6 Å². The summed E-state index contributed by atoms with van der Waals surface area (Å²) in [7, 11) is 0. The number of carbonyl (C=O) groups is 2. The van der Waals surface area contributed by atoms with Crippen molar-refractivity contribution in [3.8, 4) is 5.75 Å². The average molecular weight is 613 g/mol. The molecule has 1 fully saturated rings. The molecule has 1 saturated carbocycles. The standard InChI is InChI=1S/C39H33ClN2O3/c1-27(26-41-39(28-14-5-2-6-15-28,29-16-7-3-8-17-29)30-18-9-4-10-19-30)36(43)45-34-23-12-11-22-33(34)42-35-31(20-13-21-32(35)40)38(24-25-38)37(42)44/h2-23,27,41H,24-26H2,1H3/t27-/m0/s1. The van der Waals surface area contributed by atoms with Crippen LogP contribution < -0.4 is 15.0 Å². The molecule has 5 aromatic carbocycles. The molecule has 5 aromatic rings. The first kappa shape index (κ1) is 29.0. The van der Waals surface area contributed by atoms with E-state index in [-0.39, 0.29) is 5.91 Å². The van der Waals surface area contributed by atoms with E-state index in [4.69, 9.17) is 16.3 Å². The van der Waals surface area contributed by atoms with E-state index in [9.17, 15) is 9.59 Å². The van der Waals surface area contributed by atoms with Crippen molar-refractivity contribution >= 4 is 34.9 Å². The predicted molar refractivity (Wildman–Crippen MR) is 178 cm³/mol. The lowest BCUT2D eigenvalue weighted by Crippen LogP contribution is -2.47. The van der Waals surface area contributed by atoms with Crippen LogP contribution in [0.2, 0.25) is 5.02 Å². The van der Waals surface area contributed by atoms with Crippen LogP contribution in [0.5, 0.6) is 5.75 Å². The van der Waals surface area contributed by atoms with E-state index in [2.05, 4.69) is 41.7 Å². The molecule has 1 heterocycles. The van der Waals surface area contributed by atoms with Crippen molar-refractivity contribution in [1.29, 1.82) is 0 Å². The van der Waals surface area contributed by atoms with Gasteiger partial charge in [0.2, 0.25) is 5.91 Å². The fraction of sp³-hybridized carbons (Fsp3) is 0.179. The molecule has 1 aliphatic carbocycles. The monoisotopic (exact) mass is 612 g/mol. The first-order valence-corrected chi connectivity index (χ1v) is 15.7. The molecule has 1 amide bonds. The number of carbonyl (C=O) groups excluding carboxylic acids is 2. The second kappa shape index (κ2) is 11.7. The SMILES string of the molecule is C[C@@H](CNC(c1ccccc1)(c1ccccc1)c1ccccc1)C(=O)Oc1ccccc1N1C(=O)C2(CC2)c2cccc(Cl)c21. The molecule has 45 heavy (non-hydrogen) atoms. The number of nitrogens with one attached hydrogen (secondary N) is 1. The average Bonchev–Trinajstić information content (AvgIpc) is 3.85. The summed E-state index contributed by atoms with van der Waals surface area (Å²) < 4.78 is 6.08. The molecule has 1 aliphatic heterocycles. The summed E-state index contributed by atoms with van der Waals surface area (Å²) in [4.78, 5) is 29.2. The van der Waals surface area contributed by atoms with E-state index in [1.165, 1.54) is 0 Å². The Hall–Kier alpha value is -4.71. The second-order valence-electron chi connectivity index (χ2n) is 11.9. The molecule has 1 N–H and O–H groups in total. The zero-order valence-electron chi connectivity index (χ0n) is 25.0. The fourth-order valence-electron chi connectivity index (χ4n) is 6.59. The number of rotatable bonds is 9. The Labute approximate surface area is 268 Å². The van der Waals surface area contributed by atoms with Crippen LogP contribution in [0, 0.1) is 5.92 Å². The van der Waals surface area contributed by atoms with Crippen molar-refractivity contribution in [2.24, 2.45) is 5.92 Å². The number of benzene rings is 5. The molecule has 7 rings (SSSR count). The molecule has 1 spiro atoms. The van der Waals surface area contributed by atoms with Crippen molar-refractivity contribution in [3.63, 3.8) is 0 Å². The van der Waals surface area contributed by atoms with Gasteiger partial charge in [0.1, 0.15) is 0 Å². The van der Waals surface area contributed by atoms with Crippen molar-refractivity contribution in [2.45, 2.75) is 30.7 Å². The number of anilines is 2. The Bertz CT molecular complexity index is 1760. The molecule has 0 unspecified atom stereocenters. The first-order valence-electron chi connectivity index (χ1n) is 15.3. The Morgan fingerprint density at radius 3 is 1.89 bits per heavy atom. The molecule has 0 aromatic heterocycles. The van der Waals surface area contributed by atoms with Crippen LogP contribution in [0.25, 0.3) is 0 Å². The smallest absolute Gasteiger partial charge is 0.315 e. The van der Waals surface area contributed by atoms with Gasteiger partial charge < -0.3 is 4.74 Å². The summed E-state index contributed by atoms with van der Waals surface area (Å²) in [6.07, 6.45) is 1.57. The van der Waals surface area contributed by atoms with Crippen LogP contribution in [0.4, 0.5) is 11.4 Å². The Balaban J connectivity index is 1.19. The highest BCUT2D eigenvalue weighted by Crippen LogP contribution is 2.61. The summed E-state index contributed by atoms with van der Waals surface area (Å²) in [6, 6.07) is 43.7. The van der Waals surface area contributed by atoms with Crippen LogP contribution in [-0.4, -0.2) is 18.4 Å². The van der Waals surface area contributed by atoms with Gasteiger partial charge in [-0.2, -0.15) is 0 Å². The number of amides is 1. The Kier molecular flexibility index (Phi) is 7.52. The van der Waals surface area contributed by atoms with Gasteiger partial charge in [0, 0.05) is 6.54 Å². The number of esters is 1. The number of para-hydroxylation sites is 3. The van der Waals surface area contributed by atoms with Gasteiger partial charge in [-0.15, -0.1) is 0 Å². The number of hydrogen-bond acceptors (Lipinski definition) is 4. The topological polar surface area (TPSA) is 58.6 Å². The summed E-state index contributed by atoms with van der Waals surface area (Å²) in [5, 5.41) is 4.28. The zero-order valence-corrected chi connectivity index (χ0v) is 25.7. The maximum atomic E-state index is 13.8. The van der Waals surface area contributed by atoms with Crippen LogP contribution in [0.3, 0.4) is 0 Å². The predicted octanol–water partition coefficient (Wildman–Crippen LogP) is 8.17. The Morgan fingerprint density at radius 2 is 1.33 bits per heavy atom. The second-order valence-corrected chi connectivity index (χ2v) is 12.3. The quantitative estimate of drug-likeness (QED) is 0.104. The van der Waals surface area contributed by atoms with E-state index in [0.717, 1.165) is 35.1 Å². The van der Waals surface area contributed by atoms with Gasteiger partial charge >= 0.3 is 5.97 Å². The van der Waals surface area contributed by atoms with E-state index in [1.54, 1.807) is 23.1 Å². The number of fused-ring (bicyclic) bond motifs is 2. The molecule has 0 saturated heterocycles. The van der Waals surface area contributed by atoms with Crippen LogP contribution in [0.1, 0.15) is 42.0 Å². The highest BCUT2D eigenvalue weighted by Gasteiger charge is 2.60. The lowest BCUT2D eigenvalue weighted by Gasteiger charge is -2.37. The summed E-state index contributed by atoms with van der Waals surface area (Å²) in [6.45, 7) is 2.19. The van der Waals surface area contributed by atoms with Crippen molar-refractivity contribution in [2.75, 3.05) is 11.4 Å². The fourth-order valence-corrected chi connectivity index (χ4v) is 6.85. The number of nitrogens with zero attached hydrogens (tertiary/aromatic N) is 1. The molecule has 5 nitrogen and oxygen atoms in total. The molecule has 224 valence electrons. The van der Waals surface area contributed by atoms with Crippen molar-refractivity contribution < 1.29 is 14.3 Å². The summed E-state index contributed by atoms with van der Waals surface area (Å²) in [5.74, 6) is -0.618. The molecule has 1 atom stereocenters. The Morgan fingerprint density at radius 1 is 0.800 bits per heavy atom.